The standard InChI is InChI=1S/C21H44O3/c22-18-16-14-12-10-8-6-4-2-1-3-5-7-9-11-13-15-17-21(19-23)20-24/h21-24H,1-20H2. The van der Waals surface area contributed by atoms with E-state index in [-0.39, 0.29) is 19.1 Å². The molecule has 0 aromatic carbocycles. The SMILES string of the molecule is OCCCCCCCCCCCCCCCCCCC(CO)CO. The molecule has 0 saturated heterocycles. The lowest BCUT2D eigenvalue weighted by Crippen LogP contribution is -2.10. The maximum Gasteiger partial charge on any atom is 0.0481 e. The topological polar surface area (TPSA) is 60.7 Å². The molecule has 0 amide bonds. The van der Waals surface area contributed by atoms with Crippen LogP contribution in [0.2, 0.25) is 0 Å². The second-order valence-electron chi connectivity index (χ2n) is 7.40. The molecule has 0 bridgehead atoms. The Morgan fingerprint density at radius 2 is 0.667 bits per heavy atom. The summed E-state index contributed by atoms with van der Waals surface area (Å²) in [5, 5.41) is 26.7. The van der Waals surface area contributed by atoms with Crippen molar-refractivity contribution in [3.63, 3.8) is 0 Å². The fourth-order valence-electron chi connectivity index (χ4n) is 3.26. The Morgan fingerprint density at radius 1 is 0.375 bits per heavy atom. The first-order valence-corrected chi connectivity index (χ1v) is 10.7. The summed E-state index contributed by atoms with van der Waals surface area (Å²) >= 11 is 0. The van der Waals surface area contributed by atoms with Gasteiger partial charge >= 0.3 is 0 Å². The Morgan fingerprint density at radius 3 is 0.958 bits per heavy atom. The van der Waals surface area contributed by atoms with Gasteiger partial charge in [-0.3, -0.25) is 0 Å². The zero-order chi connectivity index (χ0) is 17.7. The van der Waals surface area contributed by atoms with Crippen molar-refractivity contribution in [2.75, 3.05) is 19.8 Å². The number of aliphatic hydroxyl groups excluding tert-OH is 3. The van der Waals surface area contributed by atoms with Crippen LogP contribution >= 0.6 is 0 Å². The molecule has 0 aliphatic rings. The van der Waals surface area contributed by atoms with Gasteiger partial charge in [-0.2, -0.15) is 0 Å². The average Bonchev–Trinajstić information content (AvgIpc) is 2.61. The lowest BCUT2D eigenvalue weighted by Gasteiger charge is -2.09. The van der Waals surface area contributed by atoms with Crippen LogP contribution in [-0.2, 0) is 0 Å². The van der Waals surface area contributed by atoms with Crippen LogP contribution in [0.1, 0.15) is 109 Å². The zero-order valence-electron chi connectivity index (χ0n) is 16.1. The van der Waals surface area contributed by atoms with Crippen LogP contribution in [0.5, 0.6) is 0 Å². The van der Waals surface area contributed by atoms with Gasteiger partial charge in [0, 0.05) is 25.7 Å². The summed E-state index contributed by atoms with van der Waals surface area (Å²) in [7, 11) is 0. The largest absolute Gasteiger partial charge is 0.396 e. The minimum absolute atomic E-state index is 0.102. The van der Waals surface area contributed by atoms with E-state index < -0.39 is 0 Å². The number of aliphatic hydroxyl groups is 3. The van der Waals surface area contributed by atoms with E-state index in [1.54, 1.807) is 0 Å². The summed E-state index contributed by atoms with van der Waals surface area (Å²) in [4.78, 5) is 0. The van der Waals surface area contributed by atoms with Crippen molar-refractivity contribution in [3.8, 4) is 0 Å². The molecule has 0 aliphatic heterocycles. The number of hydrogen-bond donors (Lipinski definition) is 3. The molecule has 0 atom stereocenters. The third-order valence-electron chi connectivity index (χ3n) is 5.04. The van der Waals surface area contributed by atoms with Crippen LogP contribution in [-0.4, -0.2) is 35.1 Å². The van der Waals surface area contributed by atoms with Crippen molar-refractivity contribution in [2.45, 2.75) is 109 Å². The lowest BCUT2D eigenvalue weighted by molar-refractivity contribution is 0.141. The molecule has 3 nitrogen and oxygen atoms in total. The van der Waals surface area contributed by atoms with Crippen LogP contribution in [0.4, 0.5) is 0 Å². The molecule has 0 unspecified atom stereocenters. The molecular weight excluding hydrogens is 300 g/mol. The van der Waals surface area contributed by atoms with Gasteiger partial charge in [-0.05, 0) is 12.8 Å². The smallest absolute Gasteiger partial charge is 0.0481 e. The monoisotopic (exact) mass is 344 g/mol. The first-order chi connectivity index (χ1) is 11.8. The van der Waals surface area contributed by atoms with Crippen molar-refractivity contribution in [2.24, 2.45) is 5.92 Å². The summed E-state index contributed by atoms with van der Waals surface area (Å²) < 4.78 is 0. The van der Waals surface area contributed by atoms with E-state index >= 15 is 0 Å². The Hall–Kier alpha value is -0.120. The minimum Gasteiger partial charge on any atom is -0.396 e. The molecule has 0 aromatic rings. The first-order valence-electron chi connectivity index (χ1n) is 10.7. The fourth-order valence-corrected chi connectivity index (χ4v) is 3.26. The van der Waals surface area contributed by atoms with Crippen LogP contribution in [0, 0.1) is 5.92 Å². The quantitative estimate of drug-likeness (QED) is 0.266. The Balaban J connectivity index is 3.03. The van der Waals surface area contributed by atoms with Crippen LogP contribution in [0.15, 0.2) is 0 Å². The van der Waals surface area contributed by atoms with Crippen molar-refractivity contribution in [1.82, 2.24) is 0 Å². The maximum absolute atomic E-state index is 8.99. The Kier molecular flexibility index (Phi) is 20.8. The van der Waals surface area contributed by atoms with E-state index in [1.165, 1.54) is 89.9 Å². The summed E-state index contributed by atoms with van der Waals surface area (Å²) in [6, 6.07) is 0. The molecule has 0 heterocycles. The molecule has 0 aromatic heterocycles. The molecular formula is C21H44O3. The maximum atomic E-state index is 8.99. The Bertz CT molecular complexity index is 217. The van der Waals surface area contributed by atoms with Crippen LogP contribution in [0.3, 0.4) is 0 Å². The molecule has 24 heavy (non-hydrogen) atoms. The van der Waals surface area contributed by atoms with E-state index in [0.717, 1.165) is 19.3 Å². The van der Waals surface area contributed by atoms with E-state index in [2.05, 4.69) is 0 Å². The molecule has 146 valence electrons. The van der Waals surface area contributed by atoms with Crippen molar-refractivity contribution in [1.29, 1.82) is 0 Å². The van der Waals surface area contributed by atoms with Gasteiger partial charge < -0.3 is 15.3 Å². The van der Waals surface area contributed by atoms with E-state index in [9.17, 15) is 0 Å². The van der Waals surface area contributed by atoms with E-state index in [0.29, 0.717) is 6.61 Å². The average molecular weight is 345 g/mol. The van der Waals surface area contributed by atoms with Crippen molar-refractivity contribution < 1.29 is 15.3 Å². The molecule has 0 spiro atoms. The van der Waals surface area contributed by atoms with Gasteiger partial charge in [0.05, 0.1) is 0 Å². The van der Waals surface area contributed by atoms with Gasteiger partial charge in [0.1, 0.15) is 0 Å². The molecule has 0 rings (SSSR count). The molecule has 0 saturated carbocycles. The lowest BCUT2D eigenvalue weighted by atomic mass is 10.0. The normalized spacial score (nSPS) is 11.5. The number of hydrogen-bond acceptors (Lipinski definition) is 3. The molecule has 0 fully saturated rings. The molecule has 3 heteroatoms. The van der Waals surface area contributed by atoms with E-state index in [4.69, 9.17) is 15.3 Å². The summed E-state index contributed by atoms with van der Waals surface area (Å²) in [5.41, 5.74) is 0. The predicted molar refractivity (Wildman–Crippen MR) is 103 cm³/mol. The molecule has 3 N–H and O–H groups in total. The Labute approximate surface area is 150 Å². The summed E-state index contributed by atoms with van der Waals surface area (Å²) in [6.45, 7) is 0.605. The third kappa shape index (κ3) is 18.2. The molecule has 0 radical (unpaired) electrons. The van der Waals surface area contributed by atoms with Crippen molar-refractivity contribution >= 4 is 0 Å². The van der Waals surface area contributed by atoms with Gasteiger partial charge in [-0.1, -0.05) is 96.3 Å². The zero-order valence-corrected chi connectivity index (χ0v) is 16.1. The van der Waals surface area contributed by atoms with Crippen LogP contribution < -0.4 is 0 Å². The second kappa shape index (κ2) is 20.9. The van der Waals surface area contributed by atoms with Gasteiger partial charge in [0.2, 0.25) is 0 Å². The third-order valence-corrected chi connectivity index (χ3v) is 5.04. The predicted octanol–water partition coefficient (Wildman–Crippen LogP) is 5.21. The van der Waals surface area contributed by atoms with Crippen LogP contribution in [0.25, 0.3) is 0 Å². The second-order valence-corrected chi connectivity index (χ2v) is 7.40. The highest BCUT2D eigenvalue weighted by molar-refractivity contribution is 4.56. The first kappa shape index (κ1) is 23.9. The molecule has 0 aliphatic carbocycles. The number of rotatable bonds is 20. The number of unbranched alkanes of at least 4 members (excludes halogenated alkanes) is 15. The van der Waals surface area contributed by atoms with Gasteiger partial charge in [0.25, 0.3) is 0 Å². The van der Waals surface area contributed by atoms with Gasteiger partial charge in [-0.15, -0.1) is 0 Å². The van der Waals surface area contributed by atoms with Crippen molar-refractivity contribution in [3.05, 3.63) is 0 Å². The van der Waals surface area contributed by atoms with E-state index in [1.807, 2.05) is 0 Å². The summed E-state index contributed by atoms with van der Waals surface area (Å²) in [5.74, 6) is 0.102. The highest BCUT2D eigenvalue weighted by Crippen LogP contribution is 2.15. The summed E-state index contributed by atoms with van der Waals surface area (Å²) in [6.07, 6.45) is 21.9. The minimum atomic E-state index is 0.102. The fraction of sp³-hybridized carbons (Fsp3) is 1.00. The highest BCUT2D eigenvalue weighted by Gasteiger charge is 2.04. The van der Waals surface area contributed by atoms with Gasteiger partial charge in [0.15, 0.2) is 0 Å². The van der Waals surface area contributed by atoms with Gasteiger partial charge in [-0.25, -0.2) is 0 Å². The highest BCUT2D eigenvalue weighted by atomic mass is 16.3.